The highest BCUT2D eigenvalue weighted by atomic mass is 16.5. The molecule has 0 atom stereocenters. The number of carbonyl (C=O) groups excluding carboxylic acids is 2. The molecule has 0 aromatic heterocycles. The summed E-state index contributed by atoms with van der Waals surface area (Å²) in [4.78, 5) is 25.6. The Morgan fingerprint density at radius 2 is 1.29 bits per heavy atom. The highest BCUT2D eigenvalue weighted by Crippen LogP contribution is 2.35. The van der Waals surface area contributed by atoms with Gasteiger partial charge < -0.3 is 4.74 Å². The highest BCUT2D eigenvalue weighted by Gasteiger charge is 2.32. The van der Waals surface area contributed by atoms with E-state index in [0.29, 0.717) is 33.8 Å². The Bertz CT molecular complexity index is 969. The summed E-state index contributed by atoms with van der Waals surface area (Å²) in [6.45, 7) is 1.99. The molecule has 0 spiro atoms. The van der Waals surface area contributed by atoms with Crippen molar-refractivity contribution in [2.45, 2.75) is 6.92 Å². The first-order valence-corrected chi connectivity index (χ1v) is 7.71. The van der Waals surface area contributed by atoms with Gasteiger partial charge in [-0.3, -0.25) is 9.59 Å². The third kappa shape index (κ3) is 2.22. The van der Waals surface area contributed by atoms with Crippen molar-refractivity contribution in [1.82, 2.24) is 0 Å². The van der Waals surface area contributed by atoms with Gasteiger partial charge in [0.1, 0.15) is 11.5 Å². The Morgan fingerprint density at radius 1 is 0.667 bits per heavy atom. The van der Waals surface area contributed by atoms with Crippen molar-refractivity contribution in [3.05, 3.63) is 94.5 Å². The Balaban J connectivity index is 1.83. The molecule has 116 valence electrons. The van der Waals surface area contributed by atoms with Crippen LogP contribution in [0.2, 0.25) is 0 Å². The fourth-order valence-corrected chi connectivity index (χ4v) is 2.93. The molecule has 0 unspecified atom stereocenters. The van der Waals surface area contributed by atoms with Crippen LogP contribution in [0.15, 0.2) is 66.7 Å². The molecular formula is C21H14O3. The maximum atomic E-state index is 12.9. The number of ketones is 2. The van der Waals surface area contributed by atoms with Gasteiger partial charge in [-0.05, 0) is 25.1 Å². The summed E-state index contributed by atoms with van der Waals surface area (Å²) in [5.74, 6) is 0.717. The number of ether oxygens (including phenoxy) is 1. The summed E-state index contributed by atoms with van der Waals surface area (Å²) in [5.41, 5.74) is 2.72. The number of hydrogen-bond donors (Lipinski definition) is 0. The number of hydrogen-bond acceptors (Lipinski definition) is 3. The molecule has 3 aromatic rings. The summed E-state index contributed by atoms with van der Waals surface area (Å²) in [6, 6.07) is 19.6. The van der Waals surface area contributed by atoms with Crippen LogP contribution in [0.1, 0.15) is 37.4 Å². The smallest absolute Gasteiger partial charge is 0.198 e. The molecule has 0 heterocycles. The van der Waals surface area contributed by atoms with Gasteiger partial charge in [-0.15, -0.1) is 0 Å². The second-order valence-corrected chi connectivity index (χ2v) is 5.80. The Morgan fingerprint density at radius 3 is 2.00 bits per heavy atom. The van der Waals surface area contributed by atoms with Gasteiger partial charge in [0, 0.05) is 16.7 Å². The summed E-state index contributed by atoms with van der Waals surface area (Å²) in [5, 5.41) is 0. The molecular weight excluding hydrogens is 300 g/mol. The van der Waals surface area contributed by atoms with Crippen molar-refractivity contribution in [1.29, 1.82) is 0 Å². The van der Waals surface area contributed by atoms with Gasteiger partial charge in [-0.25, -0.2) is 0 Å². The molecule has 0 saturated heterocycles. The summed E-state index contributed by atoms with van der Waals surface area (Å²) in [6.07, 6.45) is 0. The SMILES string of the molecule is Cc1ccc(Oc2cccc3c2C(=O)c2ccccc2C3=O)cc1. The van der Waals surface area contributed by atoms with E-state index in [0.717, 1.165) is 5.56 Å². The van der Waals surface area contributed by atoms with Crippen LogP contribution < -0.4 is 4.74 Å². The van der Waals surface area contributed by atoms with Crippen LogP contribution in [0.25, 0.3) is 0 Å². The number of rotatable bonds is 2. The summed E-state index contributed by atoms with van der Waals surface area (Å²) < 4.78 is 5.89. The average molecular weight is 314 g/mol. The molecule has 0 amide bonds. The van der Waals surface area contributed by atoms with E-state index in [9.17, 15) is 9.59 Å². The van der Waals surface area contributed by atoms with Gasteiger partial charge in [0.2, 0.25) is 0 Å². The minimum Gasteiger partial charge on any atom is -0.457 e. The monoisotopic (exact) mass is 314 g/mol. The quantitative estimate of drug-likeness (QED) is 0.544. The second kappa shape index (κ2) is 5.46. The van der Waals surface area contributed by atoms with Crippen LogP contribution >= 0.6 is 0 Å². The predicted octanol–water partition coefficient (Wildman–Crippen LogP) is 4.56. The molecule has 3 heteroatoms. The zero-order valence-electron chi connectivity index (χ0n) is 13.1. The van der Waals surface area contributed by atoms with E-state index in [1.165, 1.54) is 0 Å². The molecule has 4 rings (SSSR count). The molecule has 0 bridgehead atoms. The molecule has 0 N–H and O–H groups in total. The van der Waals surface area contributed by atoms with Gasteiger partial charge in [0.15, 0.2) is 11.6 Å². The van der Waals surface area contributed by atoms with Gasteiger partial charge in [-0.1, -0.05) is 54.1 Å². The van der Waals surface area contributed by atoms with Crippen molar-refractivity contribution in [2.75, 3.05) is 0 Å². The first-order valence-electron chi connectivity index (χ1n) is 7.71. The van der Waals surface area contributed by atoms with E-state index in [4.69, 9.17) is 4.74 Å². The van der Waals surface area contributed by atoms with Crippen molar-refractivity contribution >= 4 is 11.6 Å². The largest absolute Gasteiger partial charge is 0.457 e. The standard InChI is InChI=1S/C21H14O3/c1-13-9-11-14(12-10-13)24-18-8-4-7-17-19(18)21(23)16-6-3-2-5-15(16)20(17)22/h2-12H,1H3. The lowest BCUT2D eigenvalue weighted by Gasteiger charge is -2.20. The minimum atomic E-state index is -0.178. The van der Waals surface area contributed by atoms with Crippen LogP contribution in [0, 0.1) is 6.92 Å². The van der Waals surface area contributed by atoms with Crippen LogP contribution in [0.5, 0.6) is 11.5 Å². The zero-order valence-corrected chi connectivity index (χ0v) is 13.1. The molecule has 0 radical (unpaired) electrons. The maximum absolute atomic E-state index is 12.9. The summed E-state index contributed by atoms with van der Waals surface area (Å²) >= 11 is 0. The third-order valence-electron chi connectivity index (χ3n) is 4.16. The fourth-order valence-electron chi connectivity index (χ4n) is 2.93. The minimum absolute atomic E-state index is 0.144. The van der Waals surface area contributed by atoms with Crippen LogP contribution in [-0.4, -0.2) is 11.6 Å². The molecule has 1 aliphatic carbocycles. The van der Waals surface area contributed by atoms with Crippen LogP contribution in [-0.2, 0) is 0 Å². The normalized spacial score (nSPS) is 12.5. The van der Waals surface area contributed by atoms with E-state index in [2.05, 4.69) is 0 Å². The van der Waals surface area contributed by atoms with Crippen LogP contribution in [0.4, 0.5) is 0 Å². The van der Waals surface area contributed by atoms with Crippen molar-refractivity contribution in [2.24, 2.45) is 0 Å². The van der Waals surface area contributed by atoms with Gasteiger partial charge in [0.05, 0.1) is 5.56 Å². The first kappa shape index (κ1) is 14.4. The predicted molar refractivity (Wildman–Crippen MR) is 91.0 cm³/mol. The van der Waals surface area contributed by atoms with E-state index >= 15 is 0 Å². The fraction of sp³-hybridized carbons (Fsp3) is 0.0476. The van der Waals surface area contributed by atoms with Gasteiger partial charge >= 0.3 is 0 Å². The second-order valence-electron chi connectivity index (χ2n) is 5.80. The highest BCUT2D eigenvalue weighted by molar-refractivity contribution is 6.29. The maximum Gasteiger partial charge on any atom is 0.198 e. The molecule has 0 aliphatic heterocycles. The summed E-state index contributed by atoms with van der Waals surface area (Å²) in [7, 11) is 0. The molecule has 0 fully saturated rings. The number of benzene rings is 3. The lowest BCUT2D eigenvalue weighted by Crippen LogP contribution is -2.21. The lowest BCUT2D eigenvalue weighted by atomic mass is 9.83. The topological polar surface area (TPSA) is 43.4 Å². The lowest BCUT2D eigenvalue weighted by molar-refractivity contribution is 0.0977. The number of fused-ring (bicyclic) bond motifs is 2. The van der Waals surface area contributed by atoms with Crippen molar-refractivity contribution in [3.8, 4) is 11.5 Å². The number of aryl methyl sites for hydroxylation is 1. The molecule has 0 saturated carbocycles. The molecule has 3 nitrogen and oxygen atoms in total. The first-order chi connectivity index (χ1) is 11.6. The molecule has 24 heavy (non-hydrogen) atoms. The van der Waals surface area contributed by atoms with E-state index in [-0.39, 0.29) is 11.6 Å². The Hall–Kier alpha value is -3.20. The number of carbonyl (C=O) groups is 2. The van der Waals surface area contributed by atoms with E-state index in [1.807, 2.05) is 31.2 Å². The molecule has 1 aliphatic rings. The van der Waals surface area contributed by atoms with E-state index < -0.39 is 0 Å². The van der Waals surface area contributed by atoms with Crippen molar-refractivity contribution in [3.63, 3.8) is 0 Å². The zero-order chi connectivity index (χ0) is 16.7. The van der Waals surface area contributed by atoms with Gasteiger partial charge in [0.25, 0.3) is 0 Å². The average Bonchev–Trinajstić information content (AvgIpc) is 2.61. The Labute approximate surface area is 139 Å². The van der Waals surface area contributed by atoms with Gasteiger partial charge in [-0.2, -0.15) is 0 Å². The van der Waals surface area contributed by atoms with E-state index in [1.54, 1.807) is 42.5 Å². The Kier molecular flexibility index (Phi) is 3.28. The third-order valence-corrected chi connectivity index (χ3v) is 4.16. The van der Waals surface area contributed by atoms with Crippen LogP contribution in [0.3, 0.4) is 0 Å². The molecule has 3 aromatic carbocycles. The van der Waals surface area contributed by atoms with Crippen molar-refractivity contribution < 1.29 is 14.3 Å².